The van der Waals surface area contributed by atoms with Crippen LogP contribution in [0.25, 0.3) is 5.57 Å². The van der Waals surface area contributed by atoms with Gasteiger partial charge in [-0.2, -0.15) is 0 Å². The first-order chi connectivity index (χ1) is 19.7. The van der Waals surface area contributed by atoms with E-state index in [1.54, 1.807) is 0 Å². The molecule has 4 nitrogen and oxygen atoms in total. The van der Waals surface area contributed by atoms with Crippen molar-refractivity contribution in [2.45, 2.75) is 137 Å². The lowest BCUT2D eigenvalue weighted by atomic mass is 9.96. The monoisotopic (exact) mass is 624 g/mol. The second-order valence-electron chi connectivity index (χ2n) is 15.0. The van der Waals surface area contributed by atoms with Crippen molar-refractivity contribution < 1.29 is 18.7 Å². The Balaban J connectivity index is 2.25. The van der Waals surface area contributed by atoms with Crippen molar-refractivity contribution in [3.8, 4) is 5.75 Å². The van der Waals surface area contributed by atoms with Crippen LogP contribution in [0.1, 0.15) is 97.4 Å². The van der Waals surface area contributed by atoms with Crippen molar-refractivity contribution in [3.05, 3.63) is 82.9 Å². The summed E-state index contributed by atoms with van der Waals surface area (Å²) < 4.78 is 19.6. The minimum atomic E-state index is -1.93. The highest BCUT2D eigenvalue weighted by molar-refractivity contribution is 6.74. The number of aliphatic hydroxyl groups is 1. The molecular formula is C37H60O4Si2. The van der Waals surface area contributed by atoms with Gasteiger partial charge in [0.05, 0.1) is 18.8 Å². The highest BCUT2D eigenvalue weighted by Crippen LogP contribution is 2.39. The number of benzene rings is 2. The zero-order chi connectivity index (χ0) is 32.7. The molecule has 1 N–H and O–H groups in total. The van der Waals surface area contributed by atoms with Crippen molar-refractivity contribution >= 4 is 22.2 Å². The smallest absolute Gasteiger partial charge is 0.192 e. The SMILES string of the molecule is CCC(O)(/C=C/C=C(/C)c1cccc(COc2ccc(CO[Si](C)(C)C(C)(C)C)c(CO[Si](C)(C)C(C)(C)C)c2)c1)CC. The predicted octanol–water partition coefficient (Wildman–Crippen LogP) is 10.8. The van der Waals surface area contributed by atoms with Crippen molar-refractivity contribution in [1.82, 2.24) is 0 Å². The van der Waals surface area contributed by atoms with Crippen LogP contribution in [0, 0.1) is 0 Å². The second kappa shape index (κ2) is 14.9. The fourth-order valence-corrected chi connectivity index (χ4v) is 5.84. The Bertz CT molecular complexity index is 1240. The van der Waals surface area contributed by atoms with E-state index in [9.17, 15) is 5.11 Å². The molecule has 0 bridgehead atoms. The third-order valence-corrected chi connectivity index (χ3v) is 18.7. The molecule has 2 aromatic carbocycles. The van der Waals surface area contributed by atoms with E-state index < -0.39 is 22.2 Å². The van der Waals surface area contributed by atoms with E-state index in [0.717, 1.165) is 28.0 Å². The molecule has 0 aliphatic carbocycles. The summed E-state index contributed by atoms with van der Waals surface area (Å²) in [7, 11) is -3.82. The van der Waals surface area contributed by atoms with Gasteiger partial charge >= 0.3 is 0 Å². The molecular weight excluding hydrogens is 565 g/mol. The van der Waals surface area contributed by atoms with Gasteiger partial charge in [0, 0.05) is 0 Å². The lowest BCUT2D eigenvalue weighted by Gasteiger charge is -2.37. The highest BCUT2D eigenvalue weighted by Gasteiger charge is 2.38. The molecule has 0 saturated heterocycles. The number of hydrogen-bond acceptors (Lipinski definition) is 4. The van der Waals surface area contributed by atoms with E-state index in [0.29, 0.717) is 32.7 Å². The summed E-state index contributed by atoms with van der Waals surface area (Å²) >= 11 is 0. The van der Waals surface area contributed by atoms with E-state index in [-0.39, 0.29) is 10.1 Å². The molecule has 0 atom stereocenters. The standard InChI is InChI=1S/C37H60O4Si2/c1-14-37(38,15-2)23-17-18-29(3)31-20-16-19-30(24-31)26-39-34-22-21-32(27-40-42(10,11)35(4,5)6)33(25-34)28-41-43(12,13)36(7,8)9/h16-25,38H,14-15,26-28H2,1-13H3/b23-17+,29-18-. The van der Waals surface area contributed by atoms with Crippen LogP contribution in [0.4, 0.5) is 0 Å². The van der Waals surface area contributed by atoms with Crippen LogP contribution in [-0.4, -0.2) is 27.3 Å². The summed E-state index contributed by atoms with van der Waals surface area (Å²) in [5.41, 5.74) is 4.96. The van der Waals surface area contributed by atoms with Gasteiger partial charge in [-0.25, -0.2) is 0 Å². The van der Waals surface area contributed by atoms with Gasteiger partial charge in [0.1, 0.15) is 12.4 Å². The summed E-state index contributed by atoms with van der Waals surface area (Å²) in [5.74, 6) is 0.837. The largest absolute Gasteiger partial charge is 0.489 e. The van der Waals surface area contributed by atoms with E-state index >= 15 is 0 Å². The molecule has 0 aliphatic rings. The Morgan fingerprint density at radius 3 is 1.86 bits per heavy atom. The highest BCUT2D eigenvalue weighted by atomic mass is 28.4. The van der Waals surface area contributed by atoms with Gasteiger partial charge in [0.15, 0.2) is 16.6 Å². The van der Waals surface area contributed by atoms with Crippen LogP contribution in [-0.2, 0) is 28.7 Å². The lowest BCUT2D eigenvalue weighted by Crippen LogP contribution is -2.41. The van der Waals surface area contributed by atoms with Gasteiger partial charge in [-0.15, -0.1) is 0 Å². The van der Waals surface area contributed by atoms with E-state index in [4.69, 9.17) is 13.6 Å². The second-order valence-corrected chi connectivity index (χ2v) is 24.7. The molecule has 240 valence electrons. The van der Waals surface area contributed by atoms with Gasteiger partial charge in [-0.1, -0.05) is 97.9 Å². The summed E-state index contributed by atoms with van der Waals surface area (Å²) in [5, 5.41) is 10.8. The molecule has 0 amide bonds. The zero-order valence-corrected chi connectivity index (χ0v) is 31.5. The summed E-state index contributed by atoms with van der Waals surface area (Å²) in [6.07, 6.45) is 7.34. The van der Waals surface area contributed by atoms with Crippen LogP contribution in [0.15, 0.2) is 60.7 Å². The number of ether oxygens (including phenoxy) is 1. The van der Waals surface area contributed by atoms with E-state index in [1.807, 2.05) is 26.0 Å². The maximum atomic E-state index is 10.5. The van der Waals surface area contributed by atoms with Crippen LogP contribution < -0.4 is 4.74 Å². The average Bonchev–Trinajstić information content (AvgIpc) is 2.93. The predicted molar refractivity (Wildman–Crippen MR) is 190 cm³/mol. The lowest BCUT2D eigenvalue weighted by molar-refractivity contribution is 0.0828. The van der Waals surface area contributed by atoms with Gasteiger partial charge in [0.25, 0.3) is 0 Å². The average molecular weight is 625 g/mol. The molecule has 0 spiro atoms. The maximum Gasteiger partial charge on any atom is 0.192 e. The third-order valence-electron chi connectivity index (χ3n) is 9.73. The van der Waals surface area contributed by atoms with Crippen molar-refractivity contribution in [2.24, 2.45) is 0 Å². The Morgan fingerprint density at radius 1 is 0.767 bits per heavy atom. The summed E-state index contributed by atoms with van der Waals surface area (Å²) in [4.78, 5) is 0. The molecule has 0 aromatic heterocycles. The quantitative estimate of drug-likeness (QED) is 0.168. The zero-order valence-electron chi connectivity index (χ0n) is 29.5. The molecule has 2 rings (SSSR count). The van der Waals surface area contributed by atoms with Crippen molar-refractivity contribution in [3.63, 3.8) is 0 Å². The Kier molecular flexibility index (Phi) is 12.9. The summed E-state index contributed by atoms with van der Waals surface area (Å²) in [6, 6.07) is 14.8. The van der Waals surface area contributed by atoms with Crippen molar-refractivity contribution in [2.75, 3.05) is 0 Å². The molecule has 0 heterocycles. The first kappa shape index (κ1) is 37.2. The molecule has 43 heavy (non-hydrogen) atoms. The maximum absolute atomic E-state index is 10.5. The fourth-order valence-electron chi connectivity index (χ4n) is 3.94. The molecule has 0 radical (unpaired) electrons. The van der Waals surface area contributed by atoms with E-state index in [1.165, 1.54) is 5.56 Å². The van der Waals surface area contributed by atoms with Gasteiger partial charge in [-0.3, -0.25) is 0 Å². The fraction of sp³-hybridized carbons (Fsp3) is 0.568. The molecule has 6 heteroatoms. The van der Waals surface area contributed by atoms with Crippen LogP contribution >= 0.6 is 0 Å². The molecule has 0 aliphatic heterocycles. The van der Waals surface area contributed by atoms with Crippen LogP contribution in [0.5, 0.6) is 5.75 Å². The number of rotatable bonds is 14. The third kappa shape index (κ3) is 10.9. The molecule has 2 aromatic rings. The van der Waals surface area contributed by atoms with Gasteiger partial charge in [-0.05, 0) is 102 Å². The topological polar surface area (TPSA) is 47.9 Å². The molecule has 0 unspecified atom stereocenters. The van der Waals surface area contributed by atoms with Gasteiger partial charge < -0.3 is 18.7 Å². The van der Waals surface area contributed by atoms with Crippen LogP contribution in [0.3, 0.4) is 0 Å². The number of hydrogen-bond donors (Lipinski definition) is 1. The normalized spacial score (nSPS) is 14.0. The van der Waals surface area contributed by atoms with E-state index in [2.05, 4.69) is 123 Å². The van der Waals surface area contributed by atoms with Crippen LogP contribution in [0.2, 0.25) is 36.3 Å². The summed E-state index contributed by atoms with van der Waals surface area (Å²) in [6.45, 7) is 30.6. The minimum absolute atomic E-state index is 0.138. The molecule has 0 saturated carbocycles. The minimum Gasteiger partial charge on any atom is -0.489 e. The Labute approximate surface area is 265 Å². The van der Waals surface area contributed by atoms with Crippen molar-refractivity contribution in [1.29, 1.82) is 0 Å². The first-order valence-electron chi connectivity index (χ1n) is 15.9. The molecule has 0 fully saturated rings. The first-order valence-corrected chi connectivity index (χ1v) is 21.8. The van der Waals surface area contributed by atoms with Gasteiger partial charge in [0.2, 0.25) is 0 Å². The number of allylic oxidation sites excluding steroid dienone is 3. The Morgan fingerprint density at radius 2 is 1.33 bits per heavy atom. The Hall–Kier alpha value is -1.97.